The van der Waals surface area contributed by atoms with Crippen molar-refractivity contribution < 1.29 is 39.2 Å². The second-order valence-corrected chi connectivity index (χ2v) is 11.7. The van der Waals surface area contributed by atoms with Gasteiger partial charge in [-0.2, -0.15) is 0 Å². The molecule has 9 heteroatoms. The number of ketones is 1. The Bertz CT molecular complexity index is 1310. The third kappa shape index (κ3) is 8.60. The topological polar surface area (TPSA) is 142 Å². The molecule has 2 atom stereocenters. The standard InChI is InChI=1S/C34H43NO8/c1-21-7-6-10-25(36)9-5-3-4-8-23-19-29(38)32(33(40)31(23)34(41)43-21)28(22-11-17-27(42-2)18-12-22)20-30(39)35-24-13-15-26(37)16-14-24/h4,8,11-12,17-19,21,24,26,28,37-38,40H,3,5-7,9-10,13-16,20H2,1-2H3,(H,35,39). The first-order chi connectivity index (χ1) is 20.7. The van der Waals surface area contributed by atoms with E-state index < -0.39 is 23.7 Å². The van der Waals surface area contributed by atoms with Gasteiger partial charge < -0.3 is 30.1 Å². The Labute approximate surface area is 252 Å². The Morgan fingerprint density at radius 1 is 1.05 bits per heavy atom. The number of phenolic OH excluding ortho intramolecular Hbond substituents is 2. The number of esters is 1. The number of carbonyl (C=O) groups excluding carboxylic acids is 3. The molecule has 4 rings (SSSR count). The number of fused-ring (bicyclic) bond motifs is 1. The molecule has 4 N–H and O–H groups in total. The Kier molecular flexibility index (Phi) is 11.2. The van der Waals surface area contributed by atoms with Crippen molar-refractivity contribution in [1.29, 1.82) is 0 Å². The third-order valence-corrected chi connectivity index (χ3v) is 8.37. The van der Waals surface area contributed by atoms with Crippen LogP contribution in [0.2, 0.25) is 0 Å². The molecule has 1 heterocycles. The van der Waals surface area contributed by atoms with Gasteiger partial charge in [0.15, 0.2) is 0 Å². The van der Waals surface area contributed by atoms with Crippen LogP contribution in [0.5, 0.6) is 17.2 Å². The van der Waals surface area contributed by atoms with E-state index in [4.69, 9.17) is 9.47 Å². The average molecular weight is 594 g/mol. The maximum absolute atomic E-state index is 13.5. The molecule has 2 aromatic rings. The SMILES string of the molecule is COc1ccc(C(CC(=O)NC2CCC(O)CC2)c2c(O)cc3c(c2O)C(=O)OC(C)CCCC(=O)CCCC=C3)cc1. The molecule has 232 valence electrons. The van der Waals surface area contributed by atoms with Crippen molar-refractivity contribution in [3.05, 3.63) is 58.7 Å². The predicted octanol–water partition coefficient (Wildman–Crippen LogP) is 5.53. The zero-order valence-electron chi connectivity index (χ0n) is 25.0. The van der Waals surface area contributed by atoms with E-state index in [1.54, 1.807) is 44.4 Å². The summed E-state index contributed by atoms with van der Waals surface area (Å²) in [5.74, 6) is -1.71. The second-order valence-electron chi connectivity index (χ2n) is 11.7. The summed E-state index contributed by atoms with van der Waals surface area (Å²) < 4.78 is 11.0. The number of carbonyl (C=O) groups is 3. The van der Waals surface area contributed by atoms with Crippen LogP contribution < -0.4 is 10.1 Å². The second kappa shape index (κ2) is 15.0. The summed E-state index contributed by atoms with van der Waals surface area (Å²) in [5, 5.41) is 35.9. The van der Waals surface area contributed by atoms with Gasteiger partial charge in [0.1, 0.15) is 28.6 Å². The number of aliphatic hydroxyl groups is 1. The van der Waals surface area contributed by atoms with Crippen molar-refractivity contribution in [2.75, 3.05) is 7.11 Å². The van der Waals surface area contributed by atoms with Gasteiger partial charge in [0.2, 0.25) is 5.91 Å². The molecule has 2 aliphatic rings. The van der Waals surface area contributed by atoms with E-state index in [1.807, 2.05) is 6.08 Å². The summed E-state index contributed by atoms with van der Waals surface area (Å²) in [6.07, 6.45) is 8.32. The fraction of sp³-hybridized carbons (Fsp3) is 0.500. The zero-order valence-corrected chi connectivity index (χ0v) is 25.0. The molecule has 0 bridgehead atoms. The van der Waals surface area contributed by atoms with Crippen LogP contribution in [0, 0.1) is 0 Å². The number of aromatic hydroxyl groups is 2. The van der Waals surface area contributed by atoms with Crippen molar-refractivity contribution in [1.82, 2.24) is 5.32 Å². The first kappa shape index (κ1) is 32.1. The van der Waals surface area contributed by atoms with Gasteiger partial charge in [0, 0.05) is 36.8 Å². The summed E-state index contributed by atoms with van der Waals surface area (Å²) in [4.78, 5) is 39.0. The largest absolute Gasteiger partial charge is 0.507 e. The number of rotatable bonds is 6. The van der Waals surface area contributed by atoms with E-state index in [0.717, 1.165) is 0 Å². The van der Waals surface area contributed by atoms with Gasteiger partial charge in [-0.3, -0.25) is 9.59 Å². The number of hydrogen-bond acceptors (Lipinski definition) is 8. The van der Waals surface area contributed by atoms with E-state index in [9.17, 15) is 29.7 Å². The van der Waals surface area contributed by atoms with Crippen molar-refractivity contribution in [2.45, 2.75) is 102 Å². The quantitative estimate of drug-likeness (QED) is 0.320. The molecule has 1 saturated carbocycles. The van der Waals surface area contributed by atoms with Gasteiger partial charge in [-0.15, -0.1) is 0 Å². The van der Waals surface area contributed by atoms with Crippen molar-refractivity contribution >= 4 is 23.7 Å². The number of amides is 1. The fourth-order valence-corrected chi connectivity index (χ4v) is 5.93. The number of nitrogens with one attached hydrogen (secondary N) is 1. The van der Waals surface area contributed by atoms with Gasteiger partial charge in [0.25, 0.3) is 0 Å². The number of hydrogen-bond donors (Lipinski definition) is 4. The molecule has 2 unspecified atom stereocenters. The monoisotopic (exact) mass is 593 g/mol. The lowest BCUT2D eigenvalue weighted by molar-refractivity contribution is -0.122. The molecule has 0 saturated heterocycles. The fourth-order valence-electron chi connectivity index (χ4n) is 5.93. The van der Waals surface area contributed by atoms with E-state index in [2.05, 4.69) is 5.32 Å². The summed E-state index contributed by atoms with van der Waals surface area (Å²) in [7, 11) is 1.55. The Balaban J connectivity index is 1.73. The van der Waals surface area contributed by atoms with Crippen LogP contribution >= 0.6 is 0 Å². The summed E-state index contributed by atoms with van der Waals surface area (Å²) in [6, 6.07) is 8.34. The molecule has 43 heavy (non-hydrogen) atoms. The van der Waals surface area contributed by atoms with Crippen LogP contribution in [0.25, 0.3) is 6.08 Å². The van der Waals surface area contributed by atoms with Gasteiger partial charge in [-0.1, -0.05) is 24.3 Å². The highest BCUT2D eigenvalue weighted by Crippen LogP contribution is 2.44. The number of phenols is 2. The Morgan fingerprint density at radius 2 is 1.74 bits per heavy atom. The molecule has 2 aromatic carbocycles. The maximum Gasteiger partial charge on any atom is 0.342 e. The number of allylic oxidation sites excluding steroid dienone is 1. The van der Waals surface area contributed by atoms with Crippen molar-refractivity contribution in [3.8, 4) is 17.2 Å². The summed E-state index contributed by atoms with van der Waals surface area (Å²) in [5.41, 5.74) is 0.911. The van der Waals surface area contributed by atoms with Crippen LogP contribution in [-0.2, 0) is 14.3 Å². The minimum Gasteiger partial charge on any atom is -0.507 e. The first-order valence-corrected chi connectivity index (χ1v) is 15.3. The highest BCUT2D eigenvalue weighted by Gasteiger charge is 2.31. The van der Waals surface area contributed by atoms with Gasteiger partial charge in [-0.05, 0) is 87.6 Å². The van der Waals surface area contributed by atoms with Crippen LogP contribution in [0.4, 0.5) is 0 Å². The number of ether oxygens (including phenoxy) is 2. The molecular weight excluding hydrogens is 550 g/mol. The van der Waals surface area contributed by atoms with Crippen molar-refractivity contribution in [3.63, 3.8) is 0 Å². The zero-order chi connectivity index (χ0) is 30.9. The molecule has 1 amide bonds. The smallest absolute Gasteiger partial charge is 0.342 e. The highest BCUT2D eigenvalue weighted by molar-refractivity contribution is 5.98. The predicted molar refractivity (Wildman–Crippen MR) is 162 cm³/mol. The third-order valence-electron chi connectivity index (χ3n) is 8.37. The molecule has 9 nitrogen and oxygen atoms in total. The molecule has 0 spiro atoms. The minimum atomic E-state index is -0.793. The summed E-state index contributed by atoms with van der Waals surface area (Å²) in [6.45, 7) is 1.75. The molecule has 1 aliphatic heterocycles. The van der Waals surface area contributed by atoms with Crippen LogP contribution in [0.3, 0.4) is 0 Å². The molecule has 1 aliphatic carbocycles. The minimum absolute atomic E-state index is 0.0582. The average Bonchev–Trinajstić information content (AvgIpc) is 2.97. The molecular formula is C34H43NO8. The number of aliphatic hydroxyl groups excluding tert-OH is 1. The number of cyclic esters (lactones) is 1. The lowest BCUT2D eigenvalue weighted by Gasteiger charge is -2.27. The lowest BCUT2D eigenvalue weighted by Crippen LogP contribution is -2.39. The van der Waals surface area contributed by atoms with Gasteiger partial charge in [-0.25, -0.2) is 4.79 Å². The van der Waals surface area contributed by atoms with Crippen LogP contribution in [0.1, 0.15) is 111 Å². The lowest BCUT2D eigenvalue weighted by atomic mass is 9.84. The van der Waals surface area contributed by atoms with E-state index in [0.29, 0.717) is 75.5 Å². The maximum atomic E-state index is 13.5. The van der Waals surface area contributed by atoms with E-state index >= 15 is 0 Å². The van der Waals surface area contributed by atoms with Crippen LogP contribution in [0.15, 0.2) is 36.4 Å². The van der Waals surface area contributed by atoms with Gasteiger partial charge >= 0.3 is 5.97 Å². The van der Waals surface area contributed by atoms with Crippen molar-refractivity contribution in [2.24, 2.45) is 0 Å². The first-order valence-electron chi connectivity index (χ1n) is 15.3. The van der Waals surface area contributed by atoms with E-state index in [-0.39, 0.29) is 52.7 Å². The normalized spacial score (nSPS) is 22.5. The summed E-state index contributed by atoms with van der Waals surface area (Å²) >= 11 is 0. The Morgan fingerprint density at radius 3 is 2.44 bits per heavy atom. The highest BCUT2D eigenvalue weighted by atomic mass is 16.5. The van der Waals surface area contributed by atoms with E-state index in [1.165, 1.54) is 6.07 Å². The molecule has 1 fully saturated rings. The van der Waals surface area contributed by atoms with Crippen LogP contribution in [-0.4, -0.2) is 58.3 Å². The number of Topliss-reactive ketones (excluding diaryl/α,β-unsaturated/α-hetero) is 1. The number of methoxy groups -OCH3 is 1. The number of benzene rings is 2. The molecule has 0 aromatic heterocycles. The molecule has 0 radical (unpaired) electrons. The van der Waals surface area contributed by atoms with Gasteiger partial charge in [0.05, 0.1) is 19.3 Å². The Hall–Kier alpha value is -3.85.